The highest BCUT2D eigenvalue weighted by molar-refractivity contribution is 5.14. The Hall–Kier alpha value is -0.120. The number of rotatable bonds is 1. The fraction of sp³-hybridized carbons (Fsp3) is 1.00. The molecular formula is C25H41NO2. The zero-order chi connectivity index (χ0) is 19.1. The maximum absolute atomic E-state index is 11.6. The van der Waals surface area contributed by atoms with Crippen LogP contribution >= 0.6 is 0 Å². The Morgan fingerprint density at radius 2 is 1.64 bits per heavy atom. The van der Waals surface area contributed by atoms with Crippen LogP contribution in [0.2, 0.25) is 0 Å². The van der Waals surface area contributed by atoms with E-state index in [1.807, 2.05) is 0 Å². The molecule has 6 fully saturated rings. The first-order chi connectivity index (χ1) is 13.5. The lowest BCUT2D eigenvalue weighted by Gasteiger charge is -2.59. The van der Waals surface area contributed by atoms with Gasteiger partial charge in [0.2, 0.25) is 0 Å². The summed E-state index contributed by atoms with van der Waals surface area (Å²) in [6.07, 6.45) is 15.9. The first-order valence-corrected chi connectivity index (χ1v) is 12.6. The minimum Gasteiger partial charge on any atom is -0.391 e. The van der Waals surface area contributed by atoms with Crippen molar-refractivity contribution >= 4 is 0 Å². The van der Waals surface area contributed by atoms with Crippen LogP contribution < -0.4 is 0 Å². The molecule has 0 spiro atoms. The lowest BCUT2D eigenvalue weighted by atomic mass is 9.45. The summed E-state index contributed by atoms with van der Waals surface area (Å²) in [4.78, 5) is 2.70. The van der Waals surface area contributed by atoms with Gasteiger partial charge in [-0.3, -0.25) is 4.90 Å². The van der Waals surface area contributed by atoms with E-state index in [1.54, 1.807) is 0 Å². The fourth-order valence-electron chi connectivity index (χ4n) is 9.28. The number of nitrogens with zero attached hydrogens (tertiary/aromatic N) is 1. The molecule has 0 aromatic heterocycles. The number of aliphatic hydroxyl groups is 1. The van der Waals surface area contributed by atoms with Crippen molar-refractivity contribution in [1.29, 1.82) is 0 Å². The monoisotopic (exact) mass is 387 g/mol. The number of ether oxygens (including phenoxy) is 1. The van der Waals surface area contributed by atoms with Gasteiger partial charge in [-0.05, 0) is 105 Å². The van der Waals surface area contributed by atoms with Gasteiger partial charge in [0.1, 0.15) is 0 Å². The van der Waals surface area contributed by atoms with Crippen LogP contribution in [0.3, 0.4) is 0 Å². The van der Waals surface area contributed by atoms with Crippen LogP contribution in [0.1, 0.15) is 84.5 Å². The van der Waals surface area contributed by atoms with E-state index in [1.165, 1.54) is 83.7 Å². The summed E-state index contributed by atoms with van der Waals surface area (Å²) in [7, 11) is 0. The Morgan fingerprint density at radius 3 is 2.43 bits per heavy atom. The Kier molecular flexibility index (Phi) is 4.28. The molecule has 4 aliphatic carbocycles. The van der Waals surface area contributed by atoms with Crippen LogP contribution in [0.25, 0.3) is 0 Å². The molecule has 0 aromatic rings. The molecule has 2 heterocycles. The molecule has 6 rings (SSSR count). The quantitative estimate of drug-likeness (QED) is 0.667. The predicted octanol–water partition coefficient (Wildman–Crippen LogP) is 4.62. The normalized spacial score (nSPS) is 58.8. The van der Waals surface area contributed by atoms with Gasteiger partial charge in [0.05, 0.1) is 18.3 Å². The highest BCUT2D eigenvalue weighted by Crippen LogP contribution is 2.68. The average Bonchev–Trinajstić information content (AvgIpc) is 3.42. The standard InChI is InChI=1S/C25H41NO2/c1-24-10-9-18-17(8-7-16-13-21-22(28-21)15-25(16,18)2)19(24)14-20(23(24)27)26-11-5-3-4-6-12-26/h16-23,27H,3-15H2,1-2H3/t16-,17+,18-,19-,20-,21+,22-,23-,24-,25-/m0/s1. The maximum Gasteiger partial charge on any atom is 0.0847 e. The molecule has 28 heavy (non-hydrogen) atoms. The van der Waals surface area contributed by atoms with Crippen LogP contribution in [-0.2, 0) is 4.74 Å². The summed E-state index contributed by atoms with van der Waals surface area (Å²) < 4.78 is 6.00. The van der Waals surface area contributed by atoms with E-state index in [9.17, 15) is 5.11 Å². The number of likely N-dealkylation sites (tertiary alicyclic amines) is 1. The fourth-order valence-corrected chi connectivity index (χ4v) is 9.28. The zero-order valence-electron chi connectivity index (χ0n) is 18.1. The van der Waals surface area contributed by atoms with Gasteiger partial charge in [0, 0.05) is 6.04 Å². The number of epoxide rings is 1. The Bertz CT molecular complexity index is 616. The summed E-state index contributed by atoms with van der Waals surface area (Å²) in [5, 5.41) is 11.6. The van der Waals surface area contributed by atoms with Crippen molar-refractivity contribution < 1.29 is 9.84 Å². The van der Waals surface area contributed by atoms with E-state index < -0.39 is 0 Å². The highest BCUT2D eigenvalue weighted by Gasteiger charge is 2.65. The third-order valence-corrected chi connectivity index (χ3v) is 11.0. The van der Waals surface area contributed by atoms with Crippen molar-refractivity contribution in [2.75, 3.05) is 13.1 Å². The molecule has 0 bridgehead atoms. The van der Waals surface area contributed by atoms with Gasteiger partial charge < -0.3 is 9.84 Å². The molecule has 10 atom stereocenters. The topological polar surface area (TPSA) is 36.0 Å². The molecule has 158 valence electrons. The van der Waals surface area contributed by atoms with E-state index >= 15 is 0 Å². The molecular weight excluding hydrogens is 346 g/mol. The smallest absolute Gasteiger partial charge is 0.0847 e. The number of hydrogen-bond donors (Lipinski definition) is 1. The third kappa shape index (κ3) is 2.57. The Balaban J connectivity index is 1.26. The number of aliphatic hydroxyl groups excluding tert-OH is 1. The molecule has 1 N–H and O–H groups in total. The second-order valence-electron chi connectivity index (χ2n) is 12.1. The third-order valence-electron chi connectivity index (χ3n) is 11.0. The largest absolute Gasteiger partial charge is 0.391 e. The van der Waals surface area contributed by atoms with E-state index in [2.05, 4.69) is 18.7 Å². The molecule has 4 saturated carbocycles. The van der Waals surface area contributed by atoms with E-state index in [4.69, 9.17) is 4.74 Å². The summed E-state index contributed by atoms with van der Waals surface area (Å²) in [6, 6.07) is 0.430. The SMILES string of the molecule is C[C@]12C[C@@H]3O[C@@H]3C[C@@H]1CC[C@@H]1[C@@H]2CC[C@]2(C)[C@@H](O)[C@@H](N3CCCCCC3)C[C@@H]12. The van der Waals surface area contributed by atoms with E-state index in [0.717, 1.165) is 23.7 Å². The molecule has 6 aliphatic rings. The molecule has 0 radical (unpaired) electrons. The van der Waals surface area contributed by atoms with Gasteiger partial charge in [-0.25, -0.2) is 0 Å². The molecule has 2 saturated heterocycles. The van der Waals surface area contributed by atoms with E-state index in [0.29, 0.717) is 23.7 Å². The number of fused-ring (bicyclic) bond motifs is 6. The molecule has 0 amide bonds. The van der Waals surface area contributed by atoms with Gasteiger partial charge in [0.15, 0.2) is 0 Å². The lowest BCUT2D eigenvalue weighted by Crippen LogP contribution is -2.54. The second kappa shape index (κ2) is 6.44. The van der Waals surface area contributed by atoms with Gasteiger partial charge in [-0.2, -0.15) is 0 Å². The summed E-state index contributed by atoms with van der Waals surface area (Å²) in [6.45, 7) is 7.54. The van der Waals surface area contributed by atoms with Crippen molar-refractivity contribution in [3.05, 3.63) is 0 Å². The Labute approximate surface area is 171 Å². The van der Waals surface area contributed by atoms with Crippen LogP contribution in [0.4, 0.5) is 0 Å². The zero-order valence-corrected chi connectivity index (χ0v) is 18.1. The van der Waals surface area contributed by atoms with Crippen LogP contribution in [-0.4, -0.2) is 47.4 Å². The van der Waals surface area contributed by atoms with Crippen molar-refractivity contribution in [1.82, 2.24) is 4.90 Å². The average molecular weight is 388 g/mol. The van der Waals surface area contributed by atoms with E-state index in [-0.39, 0.29) is 11.5 Å². The highest BCUT2D eigenvalue weighted by atomic mass is 16.6. The second-order valence-corrected chi connectivity index (χ2v) is 12.1. The summed E-state index contributed by atoms with van der Waals surface area (Å²) in [5.41, 5.74) is 0.669. The molecule has 0 aromatic carbocycles. The van der Waals surface area contributed by atoms with Crippen molar-refractivity contribution in [2.24, 2.45) is 34.5 Å². The molecule has 0 unspecified atom stereocenters. The number of hydrogen-bond acceptors (Lipinski definition) is 3. The summed E-state index contributed by atoms with van der Waals surface area (Å²) >= 11 is 0. The van der Waals surface area contributed by atoms with Gasteiger partial charge in [-0.15, -0.1) is 0 Å². The van der Waals surface area contributed by atoms with Crippen LogP contribution in [0.5, 0.6) is 0 Å². The van der Waals surface area contributed by atoms with Crippen LogP contribution in [0, 0.1) is 34.5 Å². The van der Waals surface area contributed by atoms with Crippen LogP contribution in [0.15, 0.2) is 0 Å². The van der Waals surface area contributed by atoms with Gasteiger partial charge >= 0.3 is 0 Å². The van der Waals surface area contributed by atoms with Crippen molar-refractivity contribution in [2.45, 2.75) is 109 Å². The first-order valence-electron chi connectivity index (χ1n) is 12.6. The molecule has 3 nitrogen and oxygen atoms in total. The van der Waals surface area contributed by atoms with Crippen molar-refractivity contribution in [3.8, 4) is 0 Å². The summed E-state index contributed by atoms with van der Waals surface area (Å²) in [5.74, 6) is 3.37. The predicted molar refractivity (Wildman–Crippen MR) is 111 cm³/mol. The maximum atomic E-state index is 11.6. The van der Waals surface area contributed by atoms with Crippen molar-refractivity contribution in [3.63, 3.8) is 0 Å². The van der Waals surface area contributed by atoms with Gasteiger partial charge in [-0.1, -0.05) is 26.7 Å². The molecule has 3 heteroatoms. The Morgan fingerprint density at radius 1 is 0.857 bits per heavy atom. The van der Waals surface area contributed by atoms with Gasteiger partial charge in [0.25, 0.3) is 0 Å². The lowest BCUT2D eigenvalue weighted by molar-refractivity contribution is -0.119. The first kappa shape index (κ1) is 18.6. The minimum atomic E-state index is -0.107. The minimum absolute atomic E-state index is 0.107. The molecule has 2 aliphatic heterocycles.